The first-order valence-corrected chi connectivity index (χ1v) is 12.4. The zero-order valence-corrected chi connectivity index (χ0v) is 22.1. The predicted octanol–water partition coefficient (Wildman–Crippen LogP) is 9.17. The van der Waals surface area contributed by atoms with Gasteiger partial charge in [0.25, 0.3) is 0 Å². The fraction of sp³-hybridized carbons (Fsp3) is 0.500. The van der Waals surface area contributed by atoms with E-state index in [0.29, 0.717) is 17.8 Å². The van der Waals surface area contributed by atoms with Crippen LogP contribution in [-0.2, 0) is 19.4 Å². The molecule has 0 N–H and O–H groups in total. The number of hydrogen-bond acceptors (Lipinski definition) is 2. The third-order valence-corrected chi connectivity index (χ3v) is 6.18. The Bertz CT molecular complexity index is 1050. The van der Waals surface area contributed by atoms with Crippen molar-refractivity contribution in [2.45, 2.75) is 70.0 Å². The van der Waals surface area contributed by atoms with Crippen molar-refractivity contribution in [3.8, 4) is 0 Å². The van der Waals surface area contributed by atoms with Crippen LogP contribution in [0.1, 0.15) is 43.4 Å². The van der Waals surface area contributed by atoms with E-state index in [0.717, 1.165) is 22.0 Å². The molecule has 0 fully saturated rings. The van der Waals surface area contributed by atoms with Gasteiger partial charge in [0.05, 0.1) is 12.2 Å². The summed E-state index contributed by atoms with van der Waals surface area (Å²) < 4.78 is 118. The van der Waals surface area contributed by atoms with Gasteiger partial charge in [0.15, 0.2) is 0 Å². The second kappa shape index (κ2) is 12.2. The van der Waals surface area contributed by atoms with Crippen LogP contribution in [0, 0.1) is 3.57 Å². The molecule has 0 aliphatic rings. The number of hydrogen-bond donors (Lipinski definition) is 0. The zero-order chi connectivity index (χ0) is 28.1. The lowest BCUT2D eigenvalue weighted by atomic mass is 9.97. The van der Waals surface area contributed by atoms with Crippen LogP contribution in [0.2, 0.25) is 0 Å². The molecular formula is C24H25F9IN3. The third kappa shape index (κ3) is 7.50. The summed E-state index contributed by atoms with van der Waals surface area (Å²) in [4.78, 5) is 0. The highest BCUT2D eigenvalue weighted by molar-refractivity contribution is 14.1. The third-order valence-electron chi connectivity index (χ3n) is 5.51. The molecule has 0 bridgehead atoms. The molecule has 2 aromatic rings. The van der Waals surface area contributed by atoms with E-state index >= 15 is 0 Å². The lowest BCUT2D eigenvalue weighted by Gasteiger charge is -2.33. The van der Waals surface area contributed by atoms with Gasteiger partial charge in [-0.1, -0.05) is 43.3 Å². The summed E-state index contributed by atoms with van der Waals surface area (Å²) in [6.07, 6.45) is -8.03. The molecule has 0 radical (unpaired) electrons. The lowest BCUT2D eigenvalue weighted by Crippen LogP contribution is -2.60. The molecule has 0 saturated carbocycles. The normalized spacial score (nSPS) is 13.4. The Morgan fingerprint density at radius 2 is 1.41 bits per heavy atom. The van der Waals surface area contributed by atoms with E-state index in [-0.39, 0.29) is 12.1 Å². The highest BCUT2D eigenvalue weighted by atomic mass is 127. The van der Waals surface area contributed by atoms with Gasteiger partial charge in [-0.3, -0.25) is 5.01 Å². The van der Waals surface area contributed by atoms with E-state index in [2.05, 4.69) is 32.9 Å². The number of rotatable bonds is 12. The van der Waals surface area contributed by atoms with Crippen LogP contribution in [0.5, 0.6) is 0 Å². The molecule has 206 valence electrons. The Hall–Kier alpha value is -2.06. The number of alkyl halides is 9. The van der Waals surface area contributed by atoms with Gasteiger partial charge in [-0.05, 0) is 76.7 Å². The molecule has 3 nitrogen and oxygen atoms in total. The maximum absolute atomic E-state index is 13.8. The van der Waals surface area contributed by atoms with Crippen LogP contribution < -0.4 is 0 Å². The highest BCUT2D eigenvalue weighted by Crippen LogP contribution is 2.54. The fourth-order valence-electron chi connectivity index (χ4n) is 3.35. The van der Waals surface area contributed by atoms with Crippen LogP contribution in [0.25, 0.3) is 0 Å². The van der Waals surface area contributed by atoms with Crippen molar-refractivity contribution >= 4 is 28.3 Å². The fourth-order valence-corrected chi connectivity index (χ4v) is 3.90. The monoisotopic (exact) mass is 653 g/mol. The van der Waals surface area contributed by atoms with Crippen LogP contribution in [0.15, 0.2) is 52.8 Å². The van der Waals surface area contributed by atoms with Crippen molar-refractivity contribution in [2.75, 3.05) is 6.54 Å². The topological polar surface area (TPSA) is 28.0 Å². The van der Waals surface area contributed by atoms with Gasteiger partial charge < -0.3 is 0 Å². The second-order valence-corrected chi connectivity index (χ2v) is 9.62. The minimum Gasteiger partial charge on any atom is -0.274 e. The molecule has 0 aliphatic heterocycles. The molecule has 0 atom stereocenters. The zero-order valence-electron chi connectivity index (χ0n) is 19.9. The van der Waals surface area contributed by atoms with Crippen LogP contribution in [-0.4, -0.2) is 35.5 Å². The lowest BCUT2D eigenvalue weighted by molar-refractivity contribution is -0.396. The molecule has 13 heteroatoms. The van der Waals surface area contributed by atoms with Crippen LogP contribution in [0.3, 0.4) is 0 Å². The minimum atomic E-state index is -6.87. The summed E-state index contributed by atoms with van der Waals surface area (Å²) in [5, 5.41) is 10.3. The number of nitrogens with zero attached hydrogens (tertiary/aromatic N) is 3. The Kier molecular flexibility index (Phi) is 10.3. The van der Waals surface area contributed by atoms with Crippen molar-refractivity contribution in [1.29, 1.82) is 0 Å². The summed E-state index contributed by atoms with van der Waals surface area (Å²) >= 11 is 2.20. The van der Waals surface area contributed by atoms with E-state index < -0.39 is 36.8 Å². The van der Waals surface area contributed by atoms with Gasteiger partial charge in [-0.15, -0.1) is 5.11 Å². The van der Waals surface area contributed by atoms with Crippen molar-refractivity contribution in [3.63, 3.8) is 0 Å². The molecular weight excluding hydrogens is 628 g/mol. The molecule has 0 unspecified atom stereocenters. The van der Waals surface area contributed by atoms with E-state index in [1.807, 2.05) is 32.0 Å². The van der Waals surface area contributed by atoms with Gasteiger partial charge in [0.1, 0.15) is 0 Å². The Morgan fingerprint density at radius 3 is 1.95 bits per heavy atom. The van der Waals surface area contributed by atoms with Gasteiger partial charge in [0, 0.05) is 16.5 Å². The van der Waals surface area contributed by atoms with Gasteiger partial charge in [-0.2, -0.15) is 39.5 Å². The Labute approximate surface area is 222 Å². The standard InChI is InChI=1S/C24H25F9IN3/c1-3-13-37(36-35-20-10-9-19(34)14-18(20)4-2)15-17-7-5-16(6-8-17)11-12-21(25,26)22(27,28)23(29,30)24(31,32)33/h5-10,14H,3-4,11-13,15H2,1-2H3. The van der Waals surface area contributed by atoms with Crippen molar-refractivity contribution in [3.05, 3.63) is 62.7 Å². The molecule has 37 heavy (non-hydrogen) atoms. The van der Waals surface area contributed by atoms with E-state index in [1.165, 1.54) is 24.3 Å². The maximum atomic E-state index is 13.8. The van der Waals surface area contributed by atoms with Gasteiger partial charge >= 0.3 is 23.9 Å². The van der Waals surface area contributed by atoms with E-state index in [9.17, 15) is 39.5 Å². The molecule has 0 saturated heterocycles. The summed E-state index contributed by atoms with van der Waals surface area (Å²) in [7, 11) is 0. The van der Waals surface area contributed by atoms with Gasteiger partial charge in [0.2, 0.25) is 0 Å². The molecule has 0 spiro atoms. The second-order valence-electron chi connectivity index (χ2n) is 8.37. The summed E-state index contributed by atoms with van der Waals surface area (Å²) in [5.41, 5.74) is 2.49. The SMILES string of the molecule is CCCN(Cc1ccc(CCC(F)(F)C(F)(F)C(F)(F)C(F)(F)F)cc1)N=Nc1ccc(I)cc1CC. The Morgan fingerprint density at radius 1 is 0.811 bits per heavy atom. The predicted molar refractivity (Wildman–Crippen MR) is 129 cm³/mol. The first-order valence-electron chi connectivity index (χ1n) is 11.3. The molecule has 0 aliphatic carbocycles. The van der Waals surface area contributed by atoms with Crippen molar-refractivity contribution in [2.24, 2.45) is 10.3 Å². The molecule has 2 rings (SSSR count). The van der Waals surface area contributed by atoms with Gasteiger partial charge in [-0.25, -0.2) is 0 Å². The summed E-state index contributed by atoms with van der Waals surface area (Å²) in [5.74, 6) is -19.1. The number of aryl methyl sites for hydroxylation is 2. The molecule has 0 aromatic heterocycles. The average molecular weight is 653 g/mol. The van der Waals surface area contributed by atoms with Crippen molar-refractivity contribution < 1.29 is 39.5 Å². The average Bonchev–Trinajstić information content (AvgIpc) is 2.81. The van der Waals surface area contributed by atoms with Crippen LogP contribution in [0.4, 0.5) is 45.2 Å². The summed E-state index contributed by atoms with van der Waals surface area (Å²) in [6, 6.07) is 11.4. The quantitative estimate of drug-likeness (QED) is 0.0973. The summed E-state index contributed by atoms with van der Waals surface area (Å²) in [6.45, 7) is 4.77. The molecule has 0 heterocycles. The highest BCUT2D eigenvalue weighted by Gasteiger charge is 2.81. The molecule has 0 amide bonds. The molecule has 2 aromatic carbocycles. The first kappa shape index (κ1) is 31.2. The number of benzene rings is 2. The van der Waals surface area contributed by atoms with E-state index in [1.54, 1.807) is 5.01 Å². The first-order chi connectivity index (χ1) is 17.1. The number of halogens is 10. The van der Waals surface area contributed by atoms with Crippen molar-refractivity contribution in [1.82, 2.24) is 5.01 Å². The van der Waals surface area contributed by atoms with E-state index in [4.69, 9.17) is 0 Å². The maximum Gasteiger partial charge on any atom is 0.460 e. The Balaban J connectivity index is 2.08. The van der Waals surface area contributed by atoms with Crippen LogP contribution >= 0.6 is 22.6 Å². The smallest absolute Gasteiger partial charge is 0.274 e. The largest absolute Gasteiger partial charge is 0.460 e. The minimum absolute atomic E-state index is 0.0738.